The number of methoxy groups -OCH3 is 3. The number of esters is 3. The highest BCUT2D eigenvalue weighted by Crippen LogP contribution is 2.24. The Morgan fingerprint density at radius 3 is 1.09 bits per heavy atom. The number of carbonyl (C=O) groups is 5. The van der Waals surface area contributed by atoms with E-state index in [2.05, 4.69) is 73.7 Å². The molecule has 0 amide bonds. The molecule has 17 heteroatoms. The number of nitrogens with zero attached hydrogens (tertiary/aromatic N) is 3. The lowest BCUT2D eigenvalue weighted by atomic mass is 9.96. The Morgan fingerprint density at radius 1 is 0.387 bits per heavy atom. The quantitative estimate of drug-likeness (QED) is 0.0160. The third-order valence-corrected chi connectivity index (χ3v) is 15.5. The van der Waals surface area contributed by atoms with Gasteiger partial charge in [0, 0.05) is 26.1 Å². The number of aryl methyl sites for hydroxylation is 8. The number of carboxylic acids is 2. The molecule has 506 valence electrons. The Morgan fingerprint density at radius 2 is 0.720 bits per heavy atom. The van der Waals surface area contributed by atoms with Crippen molar-refractivity contribution >= 4 is 29.8 Å². The van der Waals surface area contributed by atoms with E-state index >= 15 is 0 Å². The van der Waals surface area contributed by atoms with Crippen molar-refractivity contribution in [1.82, 2.24) is 14.7 Å². The highest BCUT2D eigenvalue weighted by Gasteiger charge is 2.23. The predicted molar refractivity (Wildman–Crippen MR) is 366 cm³/mol. The van der Waals surface area contributed by atoms with Crippen molar-refractivity contribution in [2.75, 3.05) is 89.9 Å². The summed E-state index contributed by atoms with van der Waals surface area (Å²) < 4.78 is 37.9. The van der Waals surface area contributed by atoms with Crippen LogP contribution in [0.2, 0.25) is 0 Å². The second-order valence-electron chi connectivity index (χ2n) is 24.0. The van der Waals surface area contributed by atoms with Gasteiger partial charge in [0.25, 0.3) is 0 Å². The van der Waals surface area contributed by atoms with E-state index in [9.17, 15) is 24.0 Å². The summed E-state index contributed by atoms with van der Waals surface area (Å²) in [6.45, 7) is 4.17. The Bertz CT molecular complexity index is 2960. The lowest BCUT2D eigenvalue weighted by molar-refractivity contribution is -0.168. The van der Waals surface area contributed by atoms with Crippen molar-refractivity contribution in [3.05, 3.63) is 190 Å². The molecule has 0 aliphatic carbocycles. The molecule has 2 N–H and O–H groups in total. The van der Waals surface area contributed by atoms with Gasteiger partial charge in [0.05, 0.1) is 21.3 Å². The maximum Gasteiger partial charge on any atom is 0.417 e. The smallest absolute Gasteiger partial charge is 0.417 e. The van der Waals surface area contributed by atoms with Gasteiger partial charge in [-0.1, -0.05) is 149 Å². The molecule has 0 aliphatic rings. The van der Waals surface area contributed by atoms with Crippen molar-refractivity contribution in [2.45, 2.75) is 141 Å². The Hall–Kier alpha value is -8.25. The monoisotopic (exact) mass is 1280 g/mol. The number of unbranched alkanes of at least 4 members (excludes halogenated alkanes) is 6. The van der Waals surface area contributed by atoms with Crippen molar-refractivity contribution in [1.29, 1.82) is 0 Å². The van der Waals surface area contributed by atoms with Crippen LogP contribution in [0, 0.1) is 0 Å². The fourth-order valence-corrected chi connectivity index (χ4v) is 10.6. The maximum atomic E-state index is 12.4. The van der Waals surface area contributed by atoms with E-state index in [0.717, 1.165) is 79.9 Å². The maximum absolute atomic E-state index is 12.4. The molecule has 6 aromatic carbocycles. The molecular weight excluding hydrogens is 1180 g/mol. The van der Waals surface area contributed by atoms with Crippen molar-refractivity contribution in [3.63, 3.8) is 0 Å². The third-order valence-electron chi connectivity index (χ3n) is 15.5. The fraction of sp³-hybridized carbons (Fsp3) is 0.461. The minimum atomic E-state index is -1.56. The zero-order valence-corrected chi connectivity index (χ0v) is 56.8. The number of benzene rings is 6. The number of carbonyl (C=O) groups excluding carboxylic acids is 3. The Labute approximate surface area is 553 Å². The van der Waals surface area contributed by atoms with Gasteiger partial charge in [0.15, 0.2) is 0 Å². The molecule has 0 fully saturated rings. The number of carboxylic acid groups (broad SMARTS) is 2. The van der Waals surface area contributed by atoms with Crippen LogP contribution in [0.25, 0.3) is 0 Å². The molecule has 0 saturated carbocycles. The van der Waals surface area contributed by atoms with Gasteiger partial charge in [-0.2, -0.15) is 0 Å². The predicted octanol–water partition coefficient (Wildman–Crippen LogP) is 12.4. The van der Waals surface area contributed by atoms with Crippen LogP contribution >= 0.6 is 0 Å². The first-order chi connectivity index (χ1) is 44.8. The van der Waals surface area contributed by atoms with Gasteiger partial charge >= 0.3 is 29.8 Å². The number of para-hydroxylation sites is 1. The molecular formula is C76H103N3O14. The van der Waals surface area contributed by atoms with Gasteiger partial charge in [-0.15, -0.1) is 0 Å². The molecule has 0 radical (unpaired) electrons. The Kier molecular flexibility index (Phi) is 36.8. The minimum absolute atomic E-state index is 0.123. The summed E-state index contributed by atoms with van der Waals surface area (Å²) in [6.07, 6.45) is 15.5. The molecule has 0 saturated heterocycles. The molecule has 1 unspecified atom stereocenters. The first-order valence-corrected chi connectivity index (χ1v) is 32.5. The first-order valence-electron chi connectivity index (χ1n) is 32.5. The van der Waals surface area contributed by atoms with E-state index in [1.54, 1.807) is 21.3 Å². The molecule has 0 bridgehead atoms. The number of rotatable bonds is 38. The van der Waals surface area contributed by atoms with Crippen LogP contribution < -0.4 is 18.9 Å². The molecule has 17 nitrogen and oxygen atoms in total. The second kappa shape index (κ2) is 44.3. The van der Waals surface area contributed by atoms with E-state index in [0.29, 0.717) is 58.3 Å². The van der Waals surface area contributed by atoms with Gasteiger partial charge in [-0.3, -0.25) is 4.79 Å². The molecule has 6 aromatic rings. The van der Waals surface area contributed by atoms with Crippen molar-refractivity contribution < 1.29 is 67.3 Å². The van der Waals surface area contributed by atoms with Crippen LogP contribution in [0.3, 0.4) is 0 Å². The average Bonchev–Trinajstić information content (AvgIpc) is 2.76. The normalized spacial score (nSPS) is 11.9. The van der Waals surface area contributed by atoms with Gasteiger partial charge in [-0.05, 0) is 200 Å². The van der Waals surface area contributed by atoms with Crippen LogP contribution in [-0.4, -0.2) is 163 Å². The number of hydrogen-bond acceptors (Lipinski definition) is 15. The SMILES string of the molecule is CCCCCCCCCC(=O)O[C@H](COc1ccccc1CCc1ccc(OC)cc1)CN(C)C.COc1ccc(CCc2ccccc2CCC(CN(C)C)OC(=O)C(=O)O)cc1.COc1ccc(CCc2ccccc2CC[C@@H](CN(C)C)OC(=O)C(=O)O)cc1. The van der Waals surface area contributed by atoms with Crippen LogP contribution in [0.15, 0.2) is 146 Å². The lowest BCUT2D eigenvalue weighted by Crippen LogP contribution is -2.35. The standard InChI is InChI=1S/C30H45NO4.2C23H29NO5/c1-5-6-7-8-9-10-11-16-30(32)35-28(23-31(2)3)24-34-29-15-13-12-14-26(29)20-17-25-18-21-27(33-4)22-19-25;2*1-24(2)16-21(29-23(27)22(25)26)15-12-19-7-5-4-6-18(19)11-8-17-9-13-20(28-3)14-10-17/h12-15,18-19,21-22,28H,5-11,16-17,20,23-24H2,1-4H3;2*4-7,9-10,13-14,21H,8,11-12,15-16H2,1-3H3,(H,25,26)/t28-;21-;/m00./s1. The van der Waals surface area contributed by atoms with Crippen LogP contribution in [0.1, 0.15) is 116 Å². The summed E-state index contributed by atoms with van der Waals surface area (Å²) >= 11 is 0. The van der Waals surface area contributed by atoms with Crippen molar-refractivity contribution in [3.8, 4) is 23.0 Å². The molecule has 6 rings (SSSR count). The largest absolute Gasteiger partial charge is 0.497 e. The van der Waals surface area contributed by atoms with Crippen molar-refractivity contribution in [2.24, 2.45) is 0 Å². The van der Waals surface area contributed by atoms with Gasteiger partial charge in [0.2, 0.25) is 0 Å². The highest BCUT2D eigenvalue weighted by molar-refractivity contribution is 6.29. The molecule has 0 aromatic heterocycles. The van der Waals surface area contributed by atoms with E-state index in [1.807, 2.05) is 136 Å². The second-order valence-corrected chi connectivity index (χ2v) is 24.0. The molecule has 3 atom stereocenters. The molecule has 0 spiro atoms. The summed E-state index contributed by atoms with van der Waals surface area (Å²) in [4.78, 5) is 62.8. The van der Waals surface area contributed by atoms with E-state index in [-0.39, 0.29) is 12.1 Å². The minimum Gasteiger partial charge on any atom is -0.497 e. The number of likely N-dealkylation sites (N-methyl/N-ethyl adjacent to an activating group) is 3. The topological polar surface area (TPSA) is 200 Å². The van der Waals surface area contributed by atoms with Gasteiger partial charge in [-0.25, -0.2) is 19.2 Å². The zero-order valence-electron chi connectivity index (χ0n) is 56.8. The van der Waals surface area contributed by atoms with Crippen LogP contribution in [0.4, 0.5) is 0 Å². The third kappa shape index (κ3) is 32.2. The summed E-state index contributed by atoms with van der Waals surface area (Å²) in [7, 11) is 16.4. The Balaban J connectivity index is 0.000000299. The van der Waals surface area contributed by atoms with Gasteiger partial charge in [0.1, 0.15) is 47.9 Å². The van der Waals surface area contributed by atoms with E-state index < -0.39 is 36.1 Å². The zero-order chi connectivity index (χ0) is 67.8. The summed E-state index contributed by atoms with van der Waals surface area (Å²) in [6, 6.07) is 48.8. The van der Waals surface area contributed by atoms with Crippen LogP contribution in [0.5, 0.6) is 23.0 Å². The molecule has 0 heterocycles. The summed E-state index contributed by atoms with van der Waals surface area (Å²) in [5.41, 5.74) is 9.76. The fourth-order valence-electron chi connectivity index (χ4n) is 10.6. The summed E-state index contributed by atoms with van der Waals surface area (Å²) in [5.74, 6) is -2.24. The van der Waals surface area contributed by atoms with Gasteiger partial charge < -0.3 is 58.1 Å². The average molecular weight is 1280 g/mol. The number of aliphatic carboxylic acids is 2. The first kappa shape index (κ1) is 77.2. The van der Waals surface area contributed by atoms with E-state index in [4.69, 9.17) is 43.4 Å². The molecule has 93 heavy (non-hydrogen) atoms. The van der Waals surface area contributed by atoms with E-state index in [1.165, 1.54) is 71.0 Å². The number of ether oxygens (including phenoxy) is 7. The highest BCUT2D eigenvalue weighted by atomic mass is 16.6. The number of hydrogen-bond donors (Lipinski definition) is 2. The van der Waals surface area contributed by atoms with Crippen LogP contribution in [-0.2, 0) is 89.5 Å². The lowest BCUT2D eigenvalue weighted by Gasteiger charge is -2.22. The molecule has 0 aliphatic heterocycles. The summed E-state index contributed by atoms with van der Waals surface area (Å²) in [5, 5.41) is 17.6.